The molecule has 0 unspecified atom stereocenters. The fourth-order valence-corrected chi connectivity index (χ4v) is 3.75. The zero-order valence-electron chi connectivity index (χ0n) is 12.1. The molecule has 1 aromatic carbocycles. The van der Waals surface area contributed by atoms with E-state index in [1.54, 1.807) is 41.5 Å². The molecule has 0 aliphatic carbocycles. The minimum atomic E-state index is -0.391. The number of benzene rings is 1. The molecule has 0 saturated heterocycles. The van der Waals surface area contributed by atoms with Crippen LogP contribution in [-0.4, -0.2) is 20.3 Å². The Bertz CT molecular complexity index is 948. The average Bonchev–Trinajstić information content (AvgIpc) is 2.97. The lowest BCUT2D eigenvalue weighted by Gasteiger charge is -1.99. The molecular formula is C14H12Cl2N4OS. The Labute approximate surface area is 140 Å². The van der Waals surface area contributed by atoms with Gasteiger partial charge in [0.05, 0.1) is 20.3 Å². The van der Waals surface area contributed by atoms with Gasteiger partial charge < -0.3 is 4.57 Å². The van der Waals surface area contributed by atoms with Crippen molar-refractivity contribution in [3.63, 3.8) is 0 Å². The number of hydrogen-bond acceptors (Lipinski definition) is 3. The number of nitrogens with zero attached hydrogens (tertiary/aromatic N) is 4. The lowest BCUT2D eigenvalue weighted by Crippen LogP contribution is -2.13. The Morgan fingerprint density at radius 3 is 2.55 bits per heavy atom. The van der Waals surface area contributed by atoms with E-state index in [1.807, 2.05) is 6.92 Å². The van der Waals surface area contributed by atoms with Gasteiger partial charge in [0, 0.05) is 19.8 Å². The van der Waals surface area contributed by atoms with Crippen molar-refractivity contribution in [2.75, 3.05) is 0 Å². The first-order chi connectivity index (χ1) is 10.4. The van der Waals surface area contributed by atoms with Gasteiger partial charge in [0.15, 0.2) is 10.5 Å². The number of aromatic nitrogens is 3. The Morgan fingerprint density at radius 2 is 1.95 bits per heavy atom. The van der Waals surface area contributed by atoms with Crippen LogP contribution in [0.15, 0.2) is 23.2 Å². The van der Waals surface area contributed by atoms with Gasteiger partial charge in [-0.25, -0.2) is 0 Å². The standard InChI is InChI=1S/C14H12Cl2N4OS/c1-7-6-10(18-20(7)3)13(21)17-14-19(2)11-8(15)4-5-9(16)12(11)22-14/h4-6H,1-3H3. The summed E-state index contributed by atoms with van der Waals surface area (Å²) in [5.74, 6) is -0.391. The van der Waals surface area contributed by atoms with E-state index < -0.39 is 5.91 Å². The van der Waals surface area contributed by atoms with E-state index in [9.17, 15) is 4.79 Å². The smallest absolute Gasteiger partial charge is 0.300 e. The number of fused-ring (bicyclic) bond motifs is 1. The molecule has 22 heavy (non-hydrogen) atoms. The third-order valence-corrected chi connectivity index (χ3v) is 5.28. The highest BCUT2D eigenvalue weighted by Gasteiger charge is 2.13. The molecule has 114 valence electrons. The second-order valence-corrected chi connectivity index (χ2v) is 6.65. The maximum absolute atomic E-state index is 12.3. The summed E-state index contributed by atoms with van der Waals surface area (Å²) < 4.78 is 4.21. The van der Waals surface area contributed by atoms with Gasteiger partial charge in [0.1, 0.15) is 0 Å². The summed E-state index contributed by atoms with van der Waals surface area (Å²) in [6, 6.07) is 5.17. The SMILES string of the molecule is Cc1cc(C(=O)N=c2sc3c(Cl)ccc(Cl)c3n2C)nn1C. The number of amides is 1. The van der Waals surface area contributed by atoms with Crippen LogP contribution >= 0.6 is 34.5 Å². The van der Waals surface area contributed by atoms with Gasteiger partial charge in [-0.2, -0.15) is 10.1 Å². The molecule has 5 nitrogen and oxygen atoms in total. The van der Waals surface area contributed by atoms with Crippen molar-refractivity contribution in [2.24, 2.45) is 19.1 Å². The average molecular weight is 355 g/mol. The van der Waals surface area contributed by atoms with Crippen LogP contribution in [-0.2, 0) is 14.1 Å². The predicted octanol–water partition coefficient (Wildman–Crippen LogP) is 3.33. The molecule has 3 aromatic rings. The van der Waals surface area contributed by atoms with Crippen molar-refractivity contribution in [3.05, 3.63) is 44.4 Å². The minimum absolute atomic E-state index is 0.314. The van der Waals surface area contributed by atoms with Gasteiger partial charge in [-0.1, -0.05) is 34.5 Å². The van der Waals surface area contributed by atoms with Crippen LogP contribution in [0.3, 0.4) is 0 Å². The summed E-state index contributed by atoms with van der Waals surface area (Å²) >= 11 is 13.7. The number of hydrogen-bond donors (Lipinski definition) is 0. The second kappa shape index (κ2) is 5.53. The number of thiazole rings is 1. The van der Waals surface area contributed by atoms with Gasteiger partial charge >= 0.3 is 0 Å². The lowest BCUT2D eigenvalue weighted by molar-refractivity contribution is 0.0992. The maximum Gasteiger partial charge on any atom is 0.300 e. The monoisotopic (exact) mass is 354 g/mol. The molecular weight excluding hydrogens is 343 g/mol. The van der Waals surface area contributed by atoms with Crippen molar-refractivity contribution >= 4 is 50.7 Å². The molecule has 8 heteroatoms. The van der Waals surface area contributed by atoms with Gasteiger partial charge in [-0.3, -0.25) is 9.48 Å². The molecule has 0 N–H and O–H groups in total. The highest BCUT2D eigenvalue weighted by Crippen LogP contribution is 2.31. The second-order valence-electron chi connectivity index (χ2n) is 4.86. The first kappa shape index (κ1) is 15.3. The third kappa shape index (κ3) is 2.47. The van der Waals surface area contributed by atoms with Gasteiger partial charge in [0.2, 0.25) is 0 Å². The van der Waals surface area contributed by atoms with Crippen molar-refractivity contribution in [1.29, 1.82) is 0 Å². The van der Waals surface area contributed by atoms with E-state index in [4.69, 9.17) is 23.2 Å². The van der Waals surface area contributed by atoms with Gasteiger partial charge in [-0.15, -0.1) is 0 Å². The molecule has 0 saturated carbocycles. The highest BCUT2D eigenvalue weighted by atomic mass is 35.5. The van der Waals surface area contributed by atoms with E-state index >= 15 is 0 Å². The van der Waals surface area contributed by atoms with Crippen LogP contribution in [0.25, 0.3) is 10.2 Å². The molecule has 2 heterocycles. The lowest BCUT2D eigenvalue weighted by atomic mass is 10.3. The number of carbonyl (C=O) groups excluding carboxylic acids is 1. The van der Waals surface area contributed by atoms with Gasteiger partial charge in [0.25, 0.3) is 5.91 Å². The summed E-state index contributed by atoms with van der Waals surface area (Å²) in [6.07, 6.45) is 0. The first-order valence-electron chi connectivity index (χ1n) is 6.41. The largest absolute Gasteiger partial charge is 0.318 e. The molecule has 0 atom stereocenters. The van der Waals surface area contributed by atoms with Crippen LogP contribution in [0, 0.1) is 6.92 Å². The molecule has 0 aliphatic rings. The first-order valence-corrected chi connectivity index (χ1v) is 7.99. The van der Waals surface area contributed by atoms with E-state index in [0.29, 0.717) is 20.5 Å². The summed E-state index contributed by atoms with van der Waals surface area (Å²) in [4.78, 5) is 16.9. The Balaban J connectivity index is 2.17. The van der Waals surface area contributed by atoms with Crippen molar-refractivity contribution < 1.29 is 4.79 Å². The number of carbonyl (C=O) groups is 1. The fraction of sp³-hybridized carbons (Fsp3) is 0.214. The molecule has 0 radical (unpaired) electrons. The third-order valence-electron chi connectivity index (χ3n) is 3.38. The summed E-state index contributed by atoms with van der Waals surface area (Å²) in [7, 11) is 3.59. The maximum atomic E-state index is 12.3. The van der Waals surface area contributed by atoms with Crippen LogP contribution in [0.2, 0.25) is 10.0 Å². The molecule has 0 spiro atoms. The van der Waals surface area contributed by atoms with Crippen molar-refractivity contribution in [2.45, 2.75) is 6.92 Å². The van der Waals surface area contributed by atoms with E-state index in [2.05, 4.69) is 10.1 Å². The molecule has 0 aliphatic heterocycles. The van der Waals surface area contributed by atoms with Crippen LogP contribution in [0.4, 0.5) is 0 Å². The Hall–Kier alpha value is -1.63. The van der Waals surface area contributed by atoms with Gasteiger partial charge in [-0.05, 0) is 25.1 Å². The molecule has 2 aromatic heterocycles. The number of rotatable bonds is 1. The normalized spacial score (nSPS) is 12.3. The quantitative estimate of drug-likeness (QED) is 0.672. The number of halogens is 2. The molecule has 1 amide bonds. The Kier molecular flexibility index (Phi) is 3.84. The van der Waals surface area contributed by atoms with E-state index in [1.165, 1.54) is 11.3 Å². The van der Waals surface area contributed by atoms with E-state index in [0.717, 1.165) is 15.9 Å². The number of aryl methyl sites for hydroxylation is 3. The highest BCUT2D eigenvalue weighted by molar-refractivity contribution is 7.17. The van der Waals surface area contributed by atoms with Crippen LogP contribution in [0.1, 0.15) is 16.2 Å². The van der Waals surface area contributed by atoms with Crippen molar-refractivity contribution in [3.8, 4) is 0 Å². The van der Waals surface area contributed by atoms with Crippen LogP contribution < -0.4 is 4.80 Å². The van der Waals surface area contributed by atoms with Crippen molar-refractivity contribution in [1.82, 2.24) is 14.3 Å². The fourth-order valence-electron chi connectivity index (χ4n) is 2.09. The van der Waals surface area contributed by atoms with E-state index in [-0.39, 0.29) is 0 Å². The minimum Gasteiger partial charge on any atom is -0.318 e. The predicted molar refractivity (Wildman–Crippen MR) is 88.7 cm³/mol. The topological polar surface area (TPSA) is 52.2 Å². The zero-order chi connectivity index (χ0) is 16.0. The summed E-state index contributed by atoms with van der Waals surface area (Å²) in [5, 5.41) is 5.30. The summed E-state index contributed by atoms with van der Waals surface area (Å²) in [6.45, 7) is 1.88. The van der Waals surface area contributed by atoms with Crippen LogP contribution in [0.5, 0.6) is 0 Å². The summed E-state index contributed by atoms with van der Waals surface area (Å²) in [5.41, 5.74) is 1.97. The molecule has 3 rings (SSSR count). The Morgan fingerprint density at radius 1 is 1.27 bits per heavy atom. The zero-order valence-corrected chi connectivity index (χ0v) is 14.4. The molecule has 0 fully saturated rings. The molecule has 0 bridgehead atoms.